The van der Waals surface area contributed by atoms with E-state index in [9.17, 15) is 4.79 Å². The van der Waals surface area contributed by atoms with Crippen molar-refractivity contribution >= 4 is 22.3 Å². The molecule has 1 rings (SSSR count). The van der Waals surface area contributed by atoms with E-state index < -0.39 is 16.1 Å². The van der Waals surface area contributed by atoms with E-state index >= 15 is 0 Å². The summed E-state index contributed by atoms with van der Waals surface area (Å²) >= 11 is 0. The van der Waals surface area contributed by atoms with Crippen LogP contribution in [-0.4, -0.2) is 44.6 Å². The Balaban J connectivity index is 0.000000621. The fourth-order valence-electron chi connectivity index (χ4n) is 1.04. The predicted molar refractivity (Wildman–Crippen MR) is 74.4 cm³/mol. The Morgan fingerprint density at radius 3 is 2.15 bits per heavy atom. The average molecular weight is 309 g/mol. The predicted octanol–water partition coefficient (Wildman–Crippen LogP) is 0.154. The van der Waals surface area contributed by atoms with Crippen molar-refractivity contribution in [1.29, 1.82) is 0 Å². The van der Waals surface area contributed by atoms with Crippen LogP contribution in [0.3, 0.4) is 0 Å². The van der Waals surface area contributed by atoms with Gasteiger partial charge in [0.25, 0.3) is 0 Å². The van der Waals surface area contributed by atoms with Gasteiger partial charge >= 0.3 is 16.1 Å². The summed E-state index contributed by atoms with van der Waals surface area (Å²) < 4.78 is 31.6. The van der Waals surface area contributed by atoms with Gasteiger partial charge in [-0.3, -0.25) is 14.1 Å². The third-order valence-corrected chi connectivity index (χ3v) is 1.48. The molecule has 0 aliphatic rings. The zero-order valence-electron chi connectivity index (χ0n) is 11.6. The molecule has 0 bridgehead atoms. The first-order chi connectivity index (χ1) is 8.90. The van der Waals surface area contributed by atoms with Crippen LogP contribution in [0.4, 0.5) is 11.9 Å². The van der Waals surface area contributed by atoms with Gasteiger partial charge in [0.2, 0.25) is 11.9 Å². The van der Waals surface area contributed by atoms with E-state index in [1.165, 1.54) is 0 Å². The number of rotatable bonds is 3. The zero-order chi connectivity index (χ0) is 16.0. The molecule has 116 valence electrons. The quantitative estimate of drug-likeness (QED) is 0.490. The molecule has 0 radical (unpaired) electrons. The fraction of sp³-hybridized carbons (Fsp3) is 0.667. The number of nitrogens with zero attached hydrogens (tertiary/aromatic N) is 2. The fourth-order valence-corrected chi connectivity index (χ4v) is 1.04. The molecule has 0 saturated carbocycles. The van der Waals surface area contributed by atoms with Crippen LogP contribution >= 0.6 is 0 Å². The van der Waals surface area contributed by atoms with Crippen molar-refractivity contribution in [2.24, 2.45) is 0 Å². The maximum atomic E-state index is 11.2. The van der Waals surface area contributed by atoms with Crippen LogP contribution < -0.4 is 16.3 Å². The van der Waals surface area contributed by atoms with E-state index in [4.69, 9.17) is 17.5 Å². The van der Waals surface area contributed by atoms with E-state index in [2.05, 4.69) is 25.6 Å². The Morgan fingerprint density at radius 1 is 1.25 bits per heavy atom. The summed E-state index contributed by atoms with van der Waals surface area (Å²) in [5, 5.41) is 5.97. The third kappa shape index (κ3) is 11.4. The Hall–Kier alpha value is -1.72. The van der Waals surface area contributed by atoms with Crippen LogP contribution in [0.25, 0.3) is 0 Å². The average Bonchev–Trinajstić information content (AvgIpc) is 2.10. The third-order valence-electron chi connectivity index (χ3n) is 1.48. The highest BCUT2D eigenvalue weighted by Gasteiger charge is 2.11. The molecule has 10 nitrogen and oxygen atoms in total. The molecule has 1 aromatic heterocycles. The lowest BCUT2D eigenvalue weighted by molar-refractivity contribution is 0.381. The smallest absolute Gasteiger partial charge is 0.354 e. The minimum Gasteiger partial charge on any atom is -0.354 e. The molecular weight excluding hydrogens is 290 g/mol. The summed E-state index contributed by atoms with van der Waals surface area (Å²) in [5.74, 6) is 0.770. The molecule has 0 saturated heterocycles. The number of hydrogen-bond donors (Lipinski definition) is 5. The highest BCUT2D eigenvalue weighted by atomic mass is 32.3. The maximum Gasteiger partial charge on any atom is 0.394 e. The van der Waals surface area contributed by atoms with Crippen LogP contribution in [0.2, 0.25) is 0 Å². The molecule has 5 N–H and O–H groups in total. The lowest BCUT2D eigenvalue weighted by Crippen LogP contribution is -2.29. The maximum absolute atomic E-state index is 11.2. The van der Waals surface area contributed by atoms with Crippen LogP contribution in [0.5, 0.6) is 0 Å². The van der Waals surface area contributed by atoms with Gasteiger partial charge in [0, 0.05) is 12.1 Å². The van der Waals surface area contributed by atoms with Crippen molar-refractivity contribution in [1.82, 2.24) is 15.0 Å². The van der Waals surface area contributed by atoms with Gasteiger partial charge in [-0.1, -0.05) is 0 Å². The second kappa shape index (κ2) is 7.17. The topological polar surface area (TPSA) is 157 Å². The number of nitrogens with one attached hydrogen (secondary N) is 3. The highest BCUT2D eigenvalue weighted by molar-refractivity contribution is 7.79. The highest BCUT2D eigenvalue weighted by Crippen LogP contribution is 2.08. The molecule has 1 heterocycles. The standard InChI is InChI=1S/C9H17N5O.H2O4S/c1-5-10-6-11-7(13-8(15)12-6)14-9(2,3)4;1-5(2,3)4/h5H2,1-4H3,(H3,10,11,12,13,14,15);(H2,1,2,3,4). The first-order valence-corrected chi connectivity index (χ1v) is 7.00. The number of aromatic amines is 1. The second-order valence-electron chi connectivity index (χ2n) is 4.68. The summed E-state index contributed by atoms with van der Waals surface area (Å²) in [5.41, 5.74) is -0.562. The van der Waals surface area contributed by atoms with Crippen molar-refractivity contribution in [2.45, 2.75) is 33.2 Å². The molecule has 11 heteroatoms. The van der Waals surface area contributed by atoms with Gasteiger partial charge < -0.3 is 10.6 Å². The first kappa shape index (κ1) is 18.3. The lowest BCUT2D eigenvalue weighted by Gasteiger charge is -2.20. The van der Waals surface area contributed by atoms with Gasteiger partial charge in [-0.25, -0.2) is 4.79 Å². The summed E-state index contributed by atoms with van der Waals surface area (Å²) in [6.07, 6.45) is 0. The number of H-pyrrole nitrogens is 1. The lowest BCUT2D eigenvalue weighted by atomic mass is 10.1. The minimum atomic E-state index is -4.67. The van der Waals surface area contributed by atoms with E-state index in [-0.39, 0.29) is 5.54 Å². The Bertz CT molecular complexity index is 569. The van der Waals surface area contributed by atoms with E-state index in [0.29, 0.717) is 18.4 Å². The first-order valence-electron chi connectivity index (χ1n) is 5.61. The monoisotopic (exact) mass is 309 g/mol. The Labute approximate surface area is 116 Å². The van der Waals surface area contributed by atoms with Crippen molar-refractivity contribution in [2.75, 3.05) is 17.2 Å². The molecule has 0 unspecified atom stereocenters. The molecule has 0 spiro atoms. The number of hydrogen-bond acceptors (Lipinski definition) is 7. The van der Waals surface area contributed by atoms with Gasteiger partial charge in [0.05, 0.1) is 0 Å². The van der Waals surface area contributed by atoms with Crippen molar-refractivity contribution in [3.63, 3.8) is 0 Å². The van der Waals surface area contributed by atoms with E-state index in [1.54, 1.807) is 0 Å². The Kier molecular flexibility index (Phi) is 6.55. The van der Waals surface area contributed by atoms with Gasteiger partial charge in [0.15, 0.2) is 0 Å². The molecule has 0 atom stereocenters. The molecule has 0 amide bonds. The van der Waals surface area contributed by atoms with Crippen molar-refractivity contribution in [3.05, 3.63) is 10.5 Å². The van der Waals surface area contributed by atoms with Crippen LogP contribution in [0, 0.1) is 0 Å². The van der Waals surface area contributed by atoms with Crippen LogP contribution in [0.15, 0.2) is 4.79 Å². The van der Waals surface area contributed by atoms with Gasteiger partial charge in [-0.05, 0) is 27.7 Å². The summed E-state index contributed by atoms with van der Waals surface area (Å²) in [6.45, 7) is 8.56. The van der Waals surface area contributed by atoms with E-state index in [1.807, 2.05) is 27.7 Å². The van der Waals surface area contributed by atoms with Crippen LogP contribution in [0.1, 0.15) is 27.7 Å². The van der Waals surface area contributed by atoms with Crippen molar-refractivity contribution in [3.8, 4) is 0 Å². The minimum absolute atomic E-state index is 0.152. The molecule has 0 aromatic carbocycles. The molecule has 0 aliphatic carbocycles. The molecule has 0 fully saturated rings. The molecule has 20 heavy (non-hydrogen) atoms. The number of anilines is 2. The molecular formula is C9H19N5O5S. The second-order valence-corrected chi connectivity index (χ2v) is 5.57. The van der Waals surface area contributed by atoms with E-state index in [0.717, 1.165) is 0 Å². The van der Waals surface area contributed by atoms with Crippen LogP contribution in [-0.2, 0) is 10.4 Å². The largest absolute Gasteiger partial charge is 0.394 e. The normalized spacial score (nSPS) is 11.3. The van der Waals surface area contributed by atoms with Crippen molar-refractivity contribution < 1.29 is 17.5 Å². The van der Waals surface area contributed by atoms with Gasteiger partial charge in [-0.2, -0.15) is 18.4 Å². The van der Waals surface area contributed by atoms with Gasteiger partial charge in [0.1, 0.15) is 0 Å². The van der Waals surface area contributed by atoms with Gasteiger partial charge in [-0.15, -0.1) is 0 Å². The zero-order valence-corrected chi connectivity index (χ0v) is 12.4. The SMILES string of the molecule is CCNc1nc(NC(C)(C)C)[nH]c(=O)n1.O=S(=O)(O)O. The summed E-state index contributed by atoms with van der Waals surface area (Å²) in [4.78, 5) is 21.5. The number of aromatic nitrogens is 3. The summed E-state index contributed by atoms with van der Waals surface area (Å²) in [6, 6.07) is 0. The summed E-state index contributed by atoms with van der Waals surface area (Å²) in [7, 11) is -4.67. The molecule has 0 aliphatic heterocycles. The molecule has 1 aromatic rings. The Morgan fingerprint density at radius 2 is 1.75 bits per heavy atom.